The second-order valence-electron chi connectivity index (χ2n) is 4.66. The summed E-state index contributed by atoms with van der Waals surface area (Å²) in [7, 11) is 0. The molecule has 0 amide bonds. The first-order valence-electron chi connectivity index (χ1n) is 5.86. The van der Waals surface area contributed by atoms with E-state index < -0.39 is 11.7 Å². The van der Waals surface area contributed by atoms with Crippen molar-refractivity contribution >= 4 is 0 Å². The monoisotopic (exact) mass is 243 g/mol. The summed E-state index contributed by atoms with van der Waals surface area (Å²) in [6, 6.07) is 5.90. The van der Waals surface area contributed by atoms with Crippen LogP contribution in [0.4, 0.5) is 13.2 Å². The van der Waals surface area contributed by atoms with E-state index in [0.29, 0.717) is 12.0 Å². The quantitative estimate of drug-likeness (QED) is 0.844. The number of nitrogens with two attached hydrogens (primary N) is 1. The first-order valence-corrected chi connectivity index (χ1v) is 5.86. The Hall–Kier alpha value is -1.03. The number of halogens is 3. The fraction of sp³-hybridized carbons (Fsp3) is 0.538. The topological polar surface area (TPSA) is 26.0 Å². The molecule has 0 aliphatic heterocycles. The maximum absolute atomic E-state index is 12.9. The maximum Gasteiger partial charge on any atom is 0.416 e. The van der Waals surface area contributed by atoms with Crippen LogP contribution in [0.5, 0.6) is 0 Å². The molecule has 1 fully saturated rings. The molecule has 0 saturated heterocycles. The van der Waals surface area contributed by atoms with Crippen LogP contribution >= 0.6 is 0 Å². The van der Waals surface area contributed by atoms with Crippen LogP contribution in [-0.4, -0.2) is 6.04 Å². The molecule has 1 aliphatic rings. The zero-order valence-electron chi connectivity index (χ0n) is 9.67. The average Bonchev–Trinajstić information content (AvgIpc) is 2.25. The number of benzene rings is 1. The molecule has 0 radical (unpaired) electrons. The molecule has 1 nitrogen and oxygen atoms in total. The summed E-state index contributed by atoms with van der Waals surface area (Å²) < 4.78 is 38.6. The summed E-state index contributed by atoms with van der Waals surface area (Å²) in [5.74, 6) is 0.145. The molecule has 3 atom stereocenters. The van der Waals surface area contributed by atoms with Gasteiger partial charge in [-0.25, -0.2) is 0 Å². The van der Waals surface area contributed by atoms with Gasteiger partial charge in [0.1, 0.15) is 0 Å². The van der Waals surface area contributed by atoms with Crippen molar-refractivity contribution in [1.82, 2.24) is 0 Å². The molecule has 1 aromatic carbocycles. The largest absolute Gasteiger partial charge is 0.416 e. The molecule has 2 rings (SSSR count). The minimum Gasteiger partial charge on any atom is -0.327 e. The maximum atomic E-state index is 12.9. The van der Waals surface area contributed by atoms with Gasteiger partial charge in [0.25, 0.3) is 0 Å². The zero-order valence-corrected chi connectivity index (χ0v) is 9.67. The lowest BCUT2D eigenvalue weighted by atomic mass is 9.64. The van der Waals surface area contributed by atoms with Crippen molar-refractivity contribution in [3.63, 3.8) is 0 Å². The minimum atomic E-state index is -4.27. The fourth-order valence-corrected chi connectivity index (χ4v) is 2.77. The summed E-state index contributed by atoms with van der Waals surface area (Å²) in [6.45, 7) is 1.98. The van der Waals surface area contributed by atoms with Gasteiger partial charge in [0, 0.05) is 6.04 Å². The molecule has 4 heteroatoms. The first kappa shape index (κ1) is 12.4. The van der Waals surface area contributed by atoms with E-state index in [-0.39, 0.29) is 17.9 Å². The van der Waals surface area contributed by atoms with E-state index in [2.05, 4.69) is 0 Å². The second kappa shape index (κ2) is 4.33. The standard InChI is InChI=1S/C13H16F3N/c1-2-8-10(7-12(8)17)9-5-3-4-6-11(9)13(14,15)16/h3-6,8,10,12H,2,7,17H2,1H3. The van der Waals surface area contributed by atoms with Gasteiger partial charge in [-0.05, 0) is 29.9 Å². The Kier molecular flexibility index (Phi) is 3.17. The van der Waals surface area contributed by atoms with E-state index in [4.69, 9.17) is 5.73 Å². The third-order valence-electron chi connectivity index (χ3n) is 3.73. The molecule has 0 heterocycles. The molecule has 2 N–H and O–H groups in total. The van der Waals surface area contributed by atoms with Crippen molar-refractivity contribution in [3.05, 3.63) is 35.4 Å². The first-order chi connectivity index (χ1) is 7.95. The van der Waals surface area contributed by atoms with Crippen molar-refractivity contribution in [1.29, 1.82) is 0 Å². The van der Waals surface area contributed by atoms with E-state index in [1.165, 1.54) is 6.07 Å². The molecule has 3 unspecified atom stereocenters. The van der Waals surface area contributed by atoms with Gasteiger partial charge in [0.2, 0.25) is 0 Å². The molecular formula is C13H16F3N. The van der Waals surface area contributed by atoms with Crippen molar-refractivity contribution in [2.45, 2.75) is 37.9 Å². The van der Waals surface area contributed by atoms with Gasteiger partial charge in [-0.3, -0.25) is 0 Å². The average molecular weight is 243 g/mol. The summed E-state index contributed by atoms with van der Waals surface area (Å²) in [5, 5.41) is 0. The van der Waals surface area contributed by atoms with Crippen LogP contribution in [-0.2, 0) is 6.18 Å². The molecule has 17 heavy (non-hydrogen) atoms. The van der Waals surface area contributed by atoms with Crippen LogP contribution in [0.1, 0.15) is 36.8 Å². The van der Waals surface area contributed by atoms with Gasteiger partial charge in [0.05, 0.1) is 5.56 Å². The van der Waals surface area contributed by atoms with E-state index in [9.17, 15) is 13.2 Å². The minimum absolute atomic E-state index is 0.0344. The highest BCUT2D eigenvalue weighted by atomic mass is 19.4. The van der Waals surface area contributed by atoms with Crippen molar-refractivity contribution in [2.75, 3.05) is 0 Å². The number of rotatable bonds is 2. The molecule has 1 saturated carbocycles. The van der Waals surface area contributed by atoms with Crippen LogP contribution in [0, 0.1) is 5.92 Å². The Bertz CT molecular complexity index is 400. The third-order valence-corrected chi connectivity index (χ3v) is 3.73. The Morgan fingerprint density at radius 2 is 1.94 bits per heavy atom. The van der Waals surface area contributed by atoms with Crippen LogP contribution in [0.25, 0.3) is 0 Å². The summed E-state index contributed by atoms with van der Waals surface area (Å²) >= 11 is 0. The van der Waals surface area contributed by atoms with Crippen molar-refractivity contribution < 1.29 is 13.2 Å². The smallest absolute Gasteiger partial charge is 0.327 e. The van der Waals surface area contributed by atoms with Gasteiger partial charge in [-0.1, -0.05) is 31.5 Å². The van der Waals surface area contributed by atoms with Gasteiger partial charge in [0.15, 0.2) is 0 Å². The molecule has 94 valence electrons. The Balaban J connectivity index is 2.34. The molecule has 1 aliphatic carbocycles. The normalized spacial score (nSPS) is 28.9. The van der Waals surface area contributed by atoms with Crippen molar-refractivity contribution in [3.8, 4) is 0 Å². The Morgan fingerprint density at radius 3 is 2.47 bits per heavy atom. The van der Waals surface area contributed by atoms with Gasteiger partial charge >= 0.3 is 6.18 Å². The highest BCUT2D eigenvalue weighted by Gasteiger charge is 2.43. The van der Waals surface area contributed by atoms with E-state index >= 15 is 0 Å². The lowest BCUT2D eigenvalue weighted by molar-refractivity contribution is -0.138. The Labute approximate surface area is 98.8 Å². The van der Waals surface area contributed by atoms with Crippen molar-refractivity contribution in [2.24, 2.45) is 11.7 Å². The van der Waals surface area contributed by atoms with Gasteiger partial charge in [-0.2, -0.15) is 13.2 Å². The van der Waals surface area contributed by atoms with E-state index in [1.54, 1.807) is 12.1 Å². The van der Waals surface area contributed by atoms with E-state index in [0.717, 1.165) is 12.5 Å². The van der Waals surface area contributed by atoms with E-state index in [1.807, 2.05) is 6.92 Å². The lowest BCUT2D eigenvalue weighted by Gasteiger charge is -2.43. The fourth-order valence-electron chi connectivity index (χ4n) is 2.77. The molecular weight excluding hydrogens is 227 g/mol. The Morgan fingerprint density at radius 1 is 1.29 bits per heavy atom. The van der Waals surface area contributed by atoms with Gasteiger partial charge in [-0.15, -0.1) is 0 Å². The zero-order chi connectivity index (χ0) is 12.6. The summed E-state index contributed by atoms with van der Waals surface area (Å²) in [6.07, 6.45) is -2.78. The highest BCUT2D eigenvalue weighted by molar-refractivity contribution is 5.35. The second-order valence-corrected chi connectivity index (χ2v) is 4.66. The van der Waals surface area contributed by atoms with Crippen LogP contribution < -0.4 is 5.73 Å². The van der Waals surface area contributed by atoms with Crippen LogP contribution in [0.3, 0.4) is 0 Å². The predicted molar refractivity (Wildman–Crippen MR) is 60.6 cm³/mol. The molecule has 1 aromatic rings. The van der Waals surface area contributed by atoms with Crippen LogP contribution in [0.2, 0.25) is 0 Å². The molecule has 0 bridgehead atoms. The highest BCUT2D eigenvalue weighted by Crippen LogP contribution is 2.47. The summed E-state index contributed by atoms with van der Waals surface area (Å²) in [5.41, 5.74) is 5.75. The lowest BCUT2D eigenvalue weighted by Crippen LogP contribution is -2.46. The van der Waals surface area contributed by atoms with Gasteiger partial charge < -0.3 is 5.73 Å². The number of alkyl halides is 3. The number of hydrogen-bond acceptors (Lipinski definition) is 1. The summed E-state index contributed by atoms with van der Waals surface area (Å²) in [4.78, 5) is 0. The molecule has 0 spiro atoms. The molecule has 0 aromatic heterocycles. The van der Waals surface area contributed by atoms with Crippen LogP contribution in [0.15, 0.2) is 24.3 Å². The predicted octanol–water partition coefficient (Wildman–Crippen LogP) is 3.55. The third kappa shape index (κ3) is 2.18. The SMILES string of the molecule is CCC1C(N)CC1c1ccccc1C(F)(F)F. The number of hydrogen-bond donors (Lipinski definition) is 1.